The highest BCUT2D eigenvalue weighted by atomic mass is 16.6. The number of hydrogen-bond donors (Lipinski definition) is 0. The monoisotopic (exact) mass is 247 g/mol. The summed E-state index contributed by atoms with van der Waals surface area (Å²) < 4.78 is 4.74. The van der Waals surface area contributed by atoms with Gasteiger partial charge in [-0.3, -0.25) is 10.1 Å². The Morgan fingerprint density at radius 3 is 2.39 bits per heavy atom. The normalized spacial score (nSPS) is 13.1. The maximum Gasteiger partial charge on any atom is 0.334 e. The predicted octanol–water partition coefficient (Wildman–Crippen LogP) is 2.40. The summed E-state index contributed by atoms with van der Waals surface area (Å²) in [4.78, 5) is 21.7. The van der Waals surface area contributed by atoms with Crippen LogP contribution in [0.5, 0.6) is 0 Å². The van der Waals surface area contributed by atoms with Crippen molar-refractivity contribution in [3.8, 4) is 0 Å². The summed E-state index contributed by atoms with van der Waals surface area (Å²) in [6.45, 7) is 0. The van der Waals surface area contributed by atoms with E-state index in [0.29, 0.717) is 12.0 Å². The summed E-state index contributed by atoms with van der Waals surface area (Å²) in [6.07, 6.45) is 2.36. The van der Waals surface area contributed by atoms with Gasteiger partial charge in [0.25, 0.3) is 5.69 Å². The van der Waals surface area contributed by atoms with Crippen LogP contribution in [0.2, 0.25) is 0 Å². The number of carbonyl (C=O) groups excluding carboxylic acids is 1. The van der Waals surface area contributed by atoms with Crippen LogP contribution in [-0.4, -0.2) is 18.0 Å². The van der Waals surface area contributed by atoms with Gasteiger partial charge >= 0.3 is 5.97 Å². The molecule has 5 heteroatoms. The van der Waals surface area contributed by atoms with Crippen LogP contribution >= 0.6 is 0 Å². The first kappa shape index (κ1) is 12.3. The van der Waals surface area contributed by atoms with Crippen molar-refractivity contribution in [2.24, 2.45) is 0 Å². The third kappa shape index (κ3) is 2.74. The molecule has 0 N–H and O–H groups in total. The number of ether oxygens (including phenoxy) is 1. The molecular formula is C13H13NO4. The Morgan fingerprint density at radius 2 is 1.94 bits per heavy atom. The standard InChI is InChI=1S/C13H13NO4/c1-18-13(15)12(10-4-5-10)8-9-2-6-11(7-3-9)14(16)17/h2-3,6-7H,4-5,8H2,1H3. The van der Waals surface area contributed by atoms with Gasteiger partial charge in [0.1, 0.15) is 0 Å². The maximum atomic E-state index is 11.6. The number of rotatable bonds is 4. The lowest BCUT2D eigenvalue weighted by Crippen LogP contribution is -2.07. The highest BCUT2D eigenvalue weighted by Gasteiger charge is 2.23. The second-order valence-corrected chi connectivity index (χ2v) is 4.17. The van der Waals surface area contributed by atoms with E-state index in [-0.39, 0.29) is 11.7 Å². The van der Waals surface area contributed by atoms with Crippen molar-refractivity contribution >= 4 is 11.7 Å². The number of methoxy groups -OCH3 is 1. The first-order valence-electron chi connectivity index (χ1n) is 5.64. The van der Waals surface area contributed by atoms with Crippen molar-refractivity contribution in [1.82, 2.24) is 0 Å². The predicted molar refractivity (Wildman–Crippen MR) is 65.1 cm³/mol. The molecule has 0 aromatic heterocycles. The topological polar surface area (TPSA) is 69.4 Å². The van der Waals surface area contributed by atoms with E-state index in [1.54, 1.807) is 12.1 Å². The average molecular weight is 247 g/mol. The molecule has 5 nitrogen and oxygen atoms in total. The lowest BCUT2D eigenvalue weighted by Gasteiger charge is -2.05. The Balaban J connectivity index is 2.16. The van der Waals surface area contributed by atoms with Gasteiger partial charge in [-0.1, -0.05) is 17.7 Å². The Hall–Kier alpha value is -2.17. The fraction of sp³-hybridized carbons (Fsp3) is 0.308. The Kier molecular flexibility index (Phi) is 3.41. The summed E-state index contributed by atoms with van der Waals surface area (Å²) in [7, 11) is 1.36. The van der Waals surface area contributed by atoms with E-state index in [0.717, 1.165) is 24.0 Å². The molecule has 0 aliphatic heterocycles. The van der Waals surface area contributed by atoms with Gasteiger partial charge in [0.05, 0.1) is 12.0 Å². The number of carbonyl (C=O) groups is 1. The first-order valence-corrected chi connectivity index (χ1v) is 5.64. The van der Waals surface area contributed by atoms with E-state index in [9.17, 15) is 14.9 Å². The lowest BCUT2D eigenvalue weighted by atomic mass is 10.0. The number of nitro groups is 1. The molecule has 1 aliphatic rings. The zero-order valence-corrected chi connectivity index (χ0v) is 10.0. The Morgan fingerprint density at radius 1 is 1.33 bits per heavy atom. The summed E-state index contributed by atoms with van der Waals surface area (Å²) in [5.41, 5.74) is 2.74. The van der Waals surface area contributed by atoms with Crippen molar-refractivity contribution in [3.05, 3.63) is 51.1 Å². The highest BCUT2D eigenvalue weighted by molar-refractivity contribution is 5.90. The van der Waals surface area contributed by atoms with Crippen molar-refractivity contribution in [1.29, 1.82) is 0 Å². The van der Waals surface area contributed by atoms with E-state index in [1.807, 2.05) is 0 Å². The van der Waals surface area contributed by atoms with E-state index in [4.69, 9.17) is 4.74 Å². The molecule has 1 aromatic carbocycles. The van der Waals surface area contributed by atoms with E-state index in [1.165, 1.54) is 19.2 Å². The molecule has 0 saturated heterocycles. The van der Waals surface area contributed by atoms with Crippen molar-refractivity contribution < 1.29 is 14.5 Å². The molecule has 0 spiro atoms. The third-order valence-corrected chi connectivity index (χ3v) is 2.89. The summed E-state index contributed by atoms with van der Waals surface area (Å²) >= 11 is 0. The second kappa shape index (κ2) is 5.00. The van der Waals surface area contributed by atoms with Crippen LogP contribution in [0.15, 0.2) is 35.4 Å². The number of nitro benzene ring substituents is 1. The minimum absolute atomic E-state index is 0.0532. The van der Waals surface area contributed by atoms with Gasteiger partial charge in [0.15, 0.2) is 0 Å². The molecule has 1 saturated carbocycles. The second-order valence-electron chi connectivity index (χ2n) is 4.17. The molecule has 0 heterocycles. The smallest absolute Gasteiger partial charge is 0.334 e. The summed E-state index contributed by atoms with van der Waals surface area (Å²) in [6, 6.07) is 6.23. The van der Waals surface area contributed by atoms with Gasteiger partial charge in [-0.2, -0.15) is 0 Å². The third-order valence-electron chi connectivity index (χ3n) is 2.89. The Bertz CT molecular complexity index is 510. The molecule has 0 unspecified atom stereocenters. The SMILES string of the molecule is COC(=O)C(Cc1ccc([N+](=O)[O-])cc1)=C1CC1. The molecular weight excluding hydrogens is 234 g/mol. The van der Waals surface area contributed by atoms with Crippen LogP contribution < -0.4 is 0 Å². The minimum Gasteiger partial charge on any atom is -0.466 e. The number of allylic oxidation sites excluding steroid dienone is 1. The zero-order chi connectivity index (χ0) is 13.1. The molecule has 0 atom stereocenters. The maximum absolute atomic E-state index is 11.6. The van der Waals surface area contributed by atoms with Crippen LogP contribution in [0, 0.1) is 10.1 Å². The van der Waals surface area contributed by atoms with Crippen molar-refractivity contribution in [3.63, 3.8) is 0 Å². The van der Waals surface area contributed by atoms with Crippen LogP contribution in [0.1, 0.15) is 18.4 Å². The molecule has 18 heavy (non-hydrogen) atoms. The van der Waals surface area contributed by atoms with Crippen LogP contribution in [-0.2, 0) is 16.0 Å². The molecule has 1 aliphatic carbocycles. The largest absolute Gasteiger partial charge is 0.466 e. The Labute approximate surface area is 104 Å². The molecule has 2 rings (SSSR count). The molecule has 94 valence electrons. The number of hydrogen-bond acceptors (Lipinski definition) is 4. The number of esters is 1. The van der Waals surface area contributed by atoms with Gasteiger partial charge in [-0.05, 0) is 18.4 Å². The quantitative estimate of drug-likeness (QED) is 0.354. The van der Waals surface area contributed by atoms with E-state index < -0.39 is 4.92 Å². The number of benzene rings is 1. The van der Waals surface area contributed by atoms with Gasteiger partial charge in [0, 0.05) is 24.1 Å². The first-order chi connectivity index (χ1) is 8.61. The summed E-state index contributed by atoms with van der Waals surface area (Å²) in [5, 5.41) is 10.5. The van der Waals surface area contributed by atoms with Gasteiger partial charge in [-0.15, -0.1) is 0 Å². The molecule has 0 bridgehead atoms. The summed E-state index contributed by atoms with van der Waals surface area (Å²) in [5.74, 6) is -0.305. The number of non-ortho nitro benzene ring substituents is 1. The molecule has 0 radical (unpaired) electrons. The fourth-order valence-electron chi connectivity index (χ4n) is 1.77. The van der Waals surface area contributed by atoms with Crippen LogP contribution in [0.3, 0.4) is 0 Å². The minimum atomic E-state index is -0.440. The molecule has 1 aromatic rings. The van der Waals surface area contributed by atoms with Crippen molar-refractivity contribution in [2.75, 3.05) is 7.11 Å². The van der Waals surface area contributed by atoms with Crippen LogP contribution in [0.4, 0.5) is 5.69 Å². The lowest BCUT2D eigenvalue weighted by molar-refractivity contribution is -0.384. The fourth-order valence-corrected chi connectivity index (χ4v) is 1.77. The van der Waals surface area contributed by atoms with Crippen LogP contribution in [0.25, 0.3) is 0 Å². The number of nitrogens with zero attached hydrogens (tertiary/aromatic N) is 1. The van der Waals surface area contributed by atoms with Gasteiger partial charge < -0.3 is 4.74 Å². The highest BCUT2D eigenvalue weighted by Crippen LogP contribution is 2.33. The van der Waals surface area contributed by atoms with Gasteiger partial charge in [-0.25, -0.2) is 4.79 Å². The zero-order valence-electron chi connectivity index (χ0n) is 10.0. The van der Waals surface area contributed by atoms with Gasteiger partial charge in [0.2, 0.25) is 0 Å². The van der Waals surface area contributed by atoms with Crippen molar-refractivity contribution in [2.45, 2.75) is 19.3 Å². The molecule has 1 fully saturated rings. The molecule has 0 amide bonds. The van der Waals surface area contributed by atoms with E-state index >= 15 is 0 Å². The van der Waals surface area contributed by atoms with E-state index in [2.05, 4.69) is 0 Å². The average Bonchev–Trinajstić information content (AvgIpc) is 3.20.